The number of carbonyl (C=O) groups is 1. The van der Waals surface area contributed by atoms with E-state index in [2.05, 4.69) is 38.7 Å². The van der Waals surface area contributed by atoms with Crippen molar-refractivity contribution in [2.45, 2.75) is 31.7 Å². The first-order chi connectivity index (χ1) is 16.6. The maximum atomic E-state index is 13.7. The topological polar surface area (TPSA) is 59.6 Å². The van der Waals surface area contributed by atoms with Crippen LogP contribution in [0.15, 0.2) is 82.5 Å². The Balaban J connectivity index is 1.63. The molecule has 3 aromatic rings. The van der Waals surface area contributed by atoms with E-state index in [9.17, 15) is 4.79 Å². The van der Waals surface area contributed by atoms with Crippen molar-refractivity contribution in [1.82, 2.24) is 0 Å². The summed E-state index contributed by atoms with van der Waals surface area (Å²) < 4.78 is 12.2. The van der Waals surface area contributed by atoms with E-state index < -0.39 is 0 Å². The van der Waals surface area contributed by atoms with Gasteiger partial charge in [-0.25, -0.2) is 0 Å². The maximum Gasteiger partial charge on any atom is 0.175 e. The highest BCUT2D eigenvalue weighted by Gasteiger charge is 2.36. The molecule has 0 saturated carbocycles. The van der Waals surface area contributed by atoms with E-state index in [1.54, 1.807) is 7.11 Å². The molecule has 2 unspecified atom stereocenters. The van der Waals surface area contributed by atoms with Gasteiger partial charge in [-0.05, 0) is 70.6 Å². The highest BCUT2D eigenvalue weighted by atomic mass is 79.9. The number of methoxy groups -OCH3 is 1. The average Bonchev–Trinajstić information content (AvgIpc) is 3.02. The standard InChI is InChI=1S/C28H27BrN2O3/c1-3-34-28-20(29)13-19(16-25(28)33-2)27-26-23(30-21-11-7-8-12-22(21)31-27)14-18(15-24(26)32)17-9-5-4-6-10-17/h4-13,16,18,27,30-31H,3,14-15H2,1-2H3. The fourth-order valence-corrected chi connectivity index (χ4v) is 5.47. The molecular weight excluding hydrogens is 492 g/mol. The van der Waals surface area contributed by atoms with E-state index in [0.29, 0.717) is 24.5 Å². The number of hydrogen-bond acceptors (Lipinski definition) is 5. The average molecular weight is 519 g/mol. The van der Waals surface area contributed by atoms with Gasteiger partial charge < -0.3 is 20.1 Å². The van der Waals surface area contributed by atoms with Gasteiger partial charge in [0, 0.05) is 17.7 Å². The molecule has 2 N–H and O–H groups in total. The molecule has 2 atom stereocenters. The van der Waals surface area contributed by atoms with Crippen molar-refractivity contribution in [1.29, 1.82) is 0 Å². The van der Waals surface area contributed by atoms with Crippen molar-refractivity contribution in [3.63, 3.8) is 0 Å². The van der Waals surface area contributed by atoms with Gasteiger partial charge in [-0.2, -0.15) is 0 Å². The Morgan fingerprint density at radius 2 is 1.71 bits per heavy atom. The SMILES string of the molecule is CCOc1c(Br)cc(C2Nc3ccccc3NC3=C2C(=O)CC(c2ccccc2)C3)cc1OC. The summed E-state index contributed by atoms with van der Waals surface area (Å²) in [5.41, 5.74) is 5.80. The number of rotatable bonds is 5. The molecule has 0 bridgehead atoms. The zero-order chi connectivity index (χ0) is 23.7. The van der Waals surface area contributed by atoms with Crippen LogP contribution < -0.4 is 20.1 Å². The molecule has 0 radical (unpaired) electrons. The lowest BCUT2D eigenvalue weighted by atomic mass is 9.78. The van der Waals surface area contributed by atoms with Crippen LogP contribution in [0.5, 0.6) is 11.5 Å². The number of fused-ring (bicyclic) bond motifs is 1. The third-order valence-electron chi connectivity index (χ3n) is 6.45. The molecule has 0 amide bonds. The van der Waals surface area contributed by atoms with Gasteiger partial charge in [0.2, 0.25) is 0 Å². The zero-order valence-corrected chi connectivity index (χ0v) is 20.8. The number of para-hydroxylation sites is 2. The molecule has 0 aromatic heterocycles. The van der Waals surface area contributed by atoms with Crippen LogP contribution >= 0.6 is 15.9 Å². The Labute approximate surface area is 208 Å². The monoisotopic (exact) mass is 518 g/mol. The number of allylic oxidation sites excluding steroid dienone is 1. The highest BCUT2D eigenvalue weighted by Crippen LogP contribution is 2.46. The van der Waals surface area contributed by atoms with Crippen molar-refractivity contribution < 1.29 is 14.3 Å². The molecule has 2 aliphatic rings. The Morgan fingerprint density at radius 1 is 0.971 bits per heavy atom. The zero-order valence-electron chi connectivity index (χ0n) is 19.2. The number of ketones is 1. The Bertz CT molecular complexity index is 1260. The highest BCUT2D eigenvalue weighted by molar-refractivity contribution is 9.10. The molecule has 0 fully saturated rings. The fourth-order valence-electron chi connectivity index (χ4n) is 4.89. The number of hydrogen-bond donors (Lipinski definition) is 2. The van der Waals surface area contributed by atoms with E-state index >= 15 is 0 Å². The van der Waals surface area contributed by atoms with Gasteiger partial charge in [0.25, 0.3) is 0 Å². The Hall–Kier alpha value is -3.25. The minimum Gasteiger partial charge on any atom is -0.493 e. The van der Waals surface area contributed by atoms with E-state index in [1.807, 2.05) is 61.5 Å². The second-order valence-corrected chi connectivity index (χ2v) is 9.40. The van der Waals surface area contributed by atoms with Crippen molar-refractivity contribution >= 4 is 33.1 Å². The van der Waals surface area contributed by atoms with E-state index in [4.69, 9.17) is 9.47 Å². The molecule has 174 valence electrons. The molecule has 5 nitrogen and oxygen atoms in total. The van der Waals surface area contributed by atoms with Gasteiger partial charge in [0.15, 0.2) is 17.3 Å². The minimum absolute atomic E-state index is 0.146. The minimum atomic E-state index is -0.323. The van der Waals surface area contributed by atoms with Gasteiger partial charge in [-0.3, -0.25) is 4.79 Å². The second-order valence-electron chi connectivity index (χ2n) is 8.55. The predicted octanol–water partition coefficient (Wildman–Crippen LogP) is 6.84. The smallest absolute Gasteiger partial charge is 0.175 e. The summed E-state index contributed by atoms with van der Waals surface area (Å²) in [4.78, 5) is 13.7. The van der Waals surface area contributed by atoms with Crippen LogP contribution in [0.25, 0.3) is 0 Å². The van der Waals surface area contributed by atoms with E-state index in [-0.39, 0.29) is 17.7 Å². The first-order valence-electron chi connectivity index (χ1n) is 11.5. The number of benzene rings is 3. The first kappa shape index (κ1) is 22.5. The van der Waals surface area contributed by atoms with Crippen LogP contribution in [0, 0.1) is 0 Å². The molecule has 5 rings (SSSR count). The van der Waals surface area contributed by atoms with Gasteiger partial charge in [-0.15, -0.1) is 0 Å². The summed E-state index contributed by atoms with van der Waals surface area (Å²) in [7, 11) is 1.63. The van der Waals surface area contributed by atoms with Crippen molar-refractivity contribution in [2.75, 3.05) is 24.4 Å². The summed E-state index contributed by atoms with van der Waals surface area (Å²) in [5, 5.41) is 7.23. The van der Waals surface area contributed by atoms with Gasteiger partial charge in [0.1, 0.15) is 0 Å². The third kappa shape index (κ3) is 4.18. The van der Waals surface area contributed by atoms with Crippen LogP contribution in [0.4, 0.5) is 11.4 Å². The maximum absolute atomic E-state index is 13.7. The summed E-state index contributed by atoms with van der Waals surface area (Å²) in [5.74, 6) is 1.59. The van der Waals surface area contributed by atoms with Gasteiger partial charge >= 0.3 is 0 Å². The molecular formula is C28H27BrN2O3. The van der Waals surface area contributed by atoms with Gasteiger partial charge in [-0.1, -0.05) is 42.5 Å². The Kier molecular flexibility index (Phi) is 6.33. The number of nitrogens with one attached hydrogen (secondary N) is 2. The summed E-state index contributed by atoms with van der Waals surface area (Å²) in [6.07, 6.45) is 1.25. The van der Waals surface area contributed by atoms with Crippen molar-refractivity contribution in [3.8, 4) is 11.5 Å². The normalized spacial score (nSPS) is 19.3. The van der Waals surface area contributed by atoms with Crippen LogP contribution in [0.2, 0.25) is 0 Å². The molecule has 3 aromatic carbocycles. The lowest BCUT2D eigenvalue weighted by molar-refractivity contribution is -0.116. The van der Waals surface area contributed by atoms with Crippen LogP contribution in [0.1, 0.15) is 42.9 Å². The fraction of sp³-hybridized carbons (Fsp3) is 0.250. The van der Waals surface area contributed by atoms with Crippen LogP contribution in [-0.2, 0) is 4.79 Å². The summed E-state index contributed by atoms with van der Waals surface area (Å²) in [6.45, 7) is 2.47. The predicted molar refractivity (Wildman–Crippen MR) is 139 cm³/mol. The molecule has 0 spiro atoms. The lowest BCUT2D eigenvalue weighted by Crippen LogP contribution is -2.27. The third-order valence-corrected chi connectivity index (χ3v) is 7.04. The molecule has 1 heterocycles. The van der Waals surface area contributed by atoms with Crippen molar-refractivity contribution in [3.05, 3.63) is 93.6 Å². The molecule has 34 heavy (non-hydrogen) atoms. The number of anilines is 2. The van der Waals surface area contributed by atoms with Crippen molar-refractivity contribution in [2.24, 2.45) is 0 Å². The van der Waals surface area contributed by atoms with Gasteiger partial charge in [0.05, 0.1) is 35.6 Å². The molecule has 6 heteroatoms. The number of carbonyl (C=O) groups excluding carboxylic acids is 1. The van der Waals surface area contributed by atoms with E-state index in [1.165, 1.54) is 5.56 Å². The van der Waals surface area contributed by atoms with Crippen LogP contribution in [0.3, 0.4) is 0 Å². The Morgan fingerprint density at radius 3 is 2.44 bits per heavy atom. The summed E-state index contributed by atoms with van der Waals surface area (Å²) >= 11 is 3.65. The number of Topliss-reactive ketones (excluding diaryl/α,β-unsaturated/α-hetero) is 1. The van der Waals surface area contributed by atoms with Crippen LogP contribution in [-0.4, -0.2) is 19.5 Å². The second kappa shape index (κ2) is 9.55. The summed E-state index contributed by atoms with van der Waals surface area (Å²) in [6, 6.07) is 22.0. The number of halogens is 1. The molecule has 0 saturated heterocycles. The molecule has 1 aliphatic carbocycles. The lowest BCUT2D eigenvalue weighted by Gasteiger charge is -2.30. The first-order valence-corrected chi connectivity index (χ1v) is 12.3. The largest absolute Gasteiger partial charge is 0.493 e. The quantitative estimate of drug-likeness (QED) is 0.387. The molecule has 1 aliphatic heterocycles. The number of ether oxygens (including phenoxy) is 2. The van der Waals surface area contributed by atoms with E-state index in [0.717, 1.165) is 39.1 Å².